The lowest BCUT2D eigenvalue weighted by atomic mass is 10.4. The molecular weight excluding hydrogens is 108 g/mol. The molecule has 3 nitrogen and oxygen atoms in total. The van der Waals surface area contributed by atoms with Gasteiger partial charge < -0.3 is 9.84 Å². The SMILES string of the molecule is C#CC(O)COC=O. The zero-order chi connectivity index (χ0) is 6.41. The van der Waals surface area contributed by atoms with Gasteiger partial charge >= 0.3 is 0 Å². The second-order valence-electron chi connectivity index (χ2n) is 1.11. The van der Waals surface area contributed by atoms with Gasteiger partial charge in [-0.1, -0.05) is 5.92 Å². The number of carbonyl (C=O) groups excluding carboxylic acids is 1. The highest BCUT2D eigenvalue weighted by Crippen LogP contribution is 1.77. The van der Waals surface area contributed by atoms with Gasteiger partial charge in [0.2, 0.25) is 0 Å². The summed E-state index contributed by atoms with van der Waals surface area (Å²) in [6.07, 6.45) is 3.74. The molecule has 0 heterocycles. The molecule has 0 rings (SSSR count). The molecule has 8 heavy (non-hydrogen) atoms. The largest absolute Gasteiger partial charge is 0.464 e. The highest BCUT2D eigenvalue weighted by atomic mass is 16.5. The predicted octanol–water partition coefficient (Wildman–Crippen LogP) is -0.847. The second kappa shape index (κ2) is 4.16. The molecule has 0 aromatic carbocycles. The average molecular weight is 114 g/mol. The van der Waals surface area contributed by atoms with Gasteiger partial charge in [-0.3, -0.25) is 4.79 Å². The van der Waals surface area contributed by atoms with E-state index in [0.717, 1.165) is 0 Å². The molecule has 0 fully saturated rings. The summed E-state index contributed by atoms with van der Waals surface area (Å²) in [5.74, 6) is 1.97. The zero-order valence-corrected chi connectivity index (χ0v) is 4.20. The third-order valence-corrected chi connectivity index (χ3v) is 0.515. The molecule has 0 saturated heterocycles. The topological polar surface area (TPSA) is 46.5 Å². The van der Waals surface area contributed by atoms with Crippen molar-refractivity contribution >= 4 is 6.47 Å². The summed E-state index contributed by atoms with van der Waals surface area (Å²) in [5, 5.41) is 8.47. The number of ether oxygens (including phenoxy) is 1. The number of aliphatic hydroxyl groups excluding tert-OH is 1. The summed E-state index contributed by atoms with van der Waals surface area (Å²) in [7, 11) is 0. The van der Waals surface area contributed by atoms with Crippen molar-refractivity contribution in [2.45, 2.75) is 6.10 Å². The van der Waals surface area contributed by atoms with Gasteiger partial charge in [-0.25, -0.2) is 0 Å². The van der Waals surface area contributed by atoms with E-state index < -0.39 is 6.10 Å². The van der Waals surface area contributed by atoms with Crippen molar-refractivity contribution in [3.8, 4) is 12.3 Å². The van der Waals surface area contributed by atoms with E-state index in [0.29, 0.717) is 0 Å². The normalized spacial score (nSPS) is 11.5. The molecule has 1 N–H and O–H groups in total. The molecule has 0 radical (unpaired) electrons. The minimum atomic E-state index is -0.972. The van der Waals surface area contributed by atoms with Crippen molar-refractivity contribution in [3.63, 3.8) is 0 Å². The van der Waals surface area contributed by atoms with Crippen LogP contribution in [0.25, 0.3) is 0 Å². The van der Waals surface area contributed by atoms with Gasteiger partial charge in [-0.05, 0) is 0 Å². The van der Waals surface area contributed by atoms with Crippen LogP contribution in [0.15, 0.2) is 0 Å². The molecule has 44 valence electrons. The first kappa shape index (κ1) is 6.99. The van der Waals surface area contributed by atoms with Crippen LogP contribution < -0.4 is 0 Å². The molecule has 0 aliphatic carbocycles. The Labute approximate surface area is 47.3 Å². The van der Waals surface area contributed by atoms with Crippen molar-refractivity contribution < 1.29 is 14.6 Å². The van der Waals surface area contributed by atoms with E-state index in [9.17, 15) is 4.79 Å². The second-order valence-corrected chi connectivity index (χ2v) is 1.11. The molecule has 1 unspecified atom stereocenters. The Kier molecular flexibility index (Phi) is 3.63. The Bertz CT molecular complexity index is 103. The van der Waals surface area contributed by atoms with Gasteiger partial charge in [0, 0.05) is 0 Å². The maximum atomic E-state index is 9.42. The highest BCUT2D eigenvalue weighted by Gasteiger charge is 1.94. The quantitative estimate of drug-likeness (QED) is 0.384. The van der Waals surface area contributed by atoms with Crippen LogP contribution in [0.3, 0.4) is 0 Å². The van der Waals surface area contributed by atoms with Crippen LogP contribution in [0.2, 0.25) is 0 Å². The van der Waals surface area contributed by atoms with Crippen LogP contribution in [0.5, 0.6) is 0 Å². The lowest BCUT2D eigenvalue weighted by Gasteiger charge is -1.97. The number of carbonyl (C=O) groups is 1. The van der Waals surface area contributed by atoms with Gasteiger partial charge in [0.1, 0.15) is 12.7 Å². The molecule has 0 aromatic heterocycles. The Morgan fingerprint density at radius 3 is 3.00 bits per heavy atom. The Morgan fingerprint density at radius 1 is 2.00 bits per heavy atom. The molecule has 0 saturated carbocycles. The number of rotatable bonds is 3. The van der Waals surface area contributed by atoms with Crippen molar-refractivity contribution in [2.24, 2.45) is 0 Å². The molecule has 1 atom stereocenters. The van der Waals surface area contributed by atoms with Crippen LogP contribution in [0.4, 0.5) is 0 Å². The van der Waals surface area contributed by atoms with Crippen molar-refractivity contribution in [3.05, 3.63) is 0 Å². The van der Waals surface area contributed by atoms with Gasteiger partial charge in [0.15, 0.2) is 0 Å². The van der Waals surface area contributed by atoms with Crippen LogP contribution >= 0.6 is 0 Å². The summed E-state index contributed by atoms with van der Waals surface area (Å²) in [6, 6.07) is 0. The predicted molar refractivity (Wildman–Crippen MR) is 26.9 cm³/mol. The standard InChI is InChI=1S/C5H6O3/c1-2-5(7)3-8-4-6/h1,4-5,7H,3H2. The molecule has 0 aromatic rings. The fourth-order valence-electron chi connectivity index (χ4n) is 0.179. The summed E-state index contributed by atoms with van der Waals surface area (Å²) in [6.45, 7) is 0.112. The number of hydrogen-bond acceptors (Lipinski definition) is 3. The lowest BCUT2D eigenvalue weighted by molar-refractivity contribution is -0.130. The van der Waals surface area contributed by atoms with E-state index in [-0.39, 0.29) is 13.1 Å². The number of aliphatic hydroxyl groups is 1. The zero-order valence-electron chi connectivity index (χ0n) is 4.20. The van der Waals surface area contributed by atoms with Crippen molar-refractivity contribution in [2.75, 3.05) is 6.61 Å². The van der Waals surface area contributed by atoms with Gasteiger partial charge in [-0.2, -0.15) is 0 Å². The van der Waals surface area contributed by atoms with Crippen LogP contribution in [0, 0.1) is 12.3 Å². The lowest BCUT2D eigenvalue weighted by Crippen LogP contribution is -2.11. The minimum absolute atomic E-state index is 0.125. The maximum Gasteiger partial charge on any atom is 0.293 e. The van der Waals surface area contributed by atoms with E-state index in [2.05, 4.69) is 4.74 Å². The third kappa shape index (κ3) is 3.19. The average Bonchev–Trinajstić information content (AvgIpc) is 1.83. The smallest absolute Gasteiger partial charge is 0.293 e. The van der Waals surface area contributed by atoms with Crippen LogP contribution in [0.1, 0.15) is 0 Å². The summed E-state index contributed by atoms with van der Waals surface area (Å²) in [5.41, 5.74) is 0. The van der Waals surface area contributed by atoms with Gasteiger partial charge in [0.25, 0.3) is 6.47 Å². The minimum Gasteiger partial charge on any atom is -0.464 e. The molecule has 0 spiro atoms. The molecule has 0 bridgehead atoms. The monoisotopic (exact) mass is 114 g/mol. The van der Waals surface area contributed by atoms with Gasteiger partial charge in [0.05, 0.1) is 0 Å². The Balaban J connectivity index is 3.14. The first-order valence-electron chi connectivity index (χ1n) is 2.00. The summed E-state index contributed by atoms with van der Waals surface area (Å²) < 4.78 is 4.11. The summed E-state index contributed by atoms with van der Waals surface area (Å²) >= 11 is 0. The molecular formula is C5H6O3. The summed E-state index contributed by atoms with van der Waals surface area (Å²) in [4.78, 5) is 9.42. The number of terminal acetylenes is 1. The maximum absolute atomic E-state index is 9.42. The van der Waals surface area contributed by atoms with Crippen LogP contribution in [-0.4, -0.2) is 24.3 Å². The molecule has 0 aliphatic rings. The molecule has 0 amide bonds. The fraction of sp³-hybridized carbons (Fsp3) is 0.400. The Hall–Kier alpha value is -1.01. The third-order valence-electron chi connectivity index (χ3n) is 0.515. The first-order chi connectivity index (χ1) is 3.81. The molecule has 0 aliphatic heterocycles. The number of hydrogen-bond donors (Lipinski definition) is 1. The first-order valence-corrected chi connectivity index (χ1v) is 2.00. The fourth-order valence-corrected chi connectivity index (χ4v) is 0.179. The van der Waals surface area contributed by atoms with Crippen molar-refractivity contribution in [1.29, 1.82) is 0 Å². The molecule has 3 heteroatoms. The van der Waals surface area contributed by atoms with Crippen molar-refractivity contribution in [1.82, 2.24) is 0 Å². The van der Waals surface area contributed by atoms with Gasteiger partial charge in [-0.15, -0.1) is 6.42 Å². The van der Waals surface area contributed by atoms with Crippen LogP contribution in [-0.2, 0) is 9.53 Å². The highest BCUT2D eigenvalue weighted by molar-refractivity contribution is 5.37. The van der Waals surface area contributed by atoms with E-state index in [1.807, 2.05) is 5.92 Å². The van der Waals surface area contributed by atoms with E-state index in [1.54, 1.807) is 0 Å². The van der Waals surface area contributed by atoms with E-state index >= 15 is 0 Å². The Morgan fingerprint density at radius 2 is 2.62 bits per heavy atom. The van der Waals surface area contributed by atoms with E-state index in [4.69, 9.17) is 11.5 Å². The van der Waals surface area contributed by atoms with E-state index in [1.165, 1.54) is 0 Å².